The summed E-state index contributed by atoms with van der Waals surface area (Å²) in [7, 11) is 0. The molecule has 3 aromatic rings. The molecule has 1 atom stereocenters. The molecule has 0 aliphatic carbocycles. The number of rotatable bonds is 4. The highest BCUT2D eigenvalue weighted by Gasteiger charge is 2.17. The fraction of sp³-hybridized carbons (Fsp3) is 0.250. The Bertz CT molecular complexity index is 1110. The van der Waals surface area contributed by atoms with E-state index in [4.69, 9.17) is 9.47 Å². The quantitative estimate of drug-likeness (QED) is 0.631. The Hall–Kier alpha value is -3.39. The highest BCUT2D eigenvalue weighted by atomic mass is 16.6. The molecule has 0 fully saturated rings. The Kier molecular flexibility index (Phi) is 4.70. The van der Waals surface area contributed by atoms with E-state index in [1.807, 2.05) is 0 Å². The second-order valence-electron chi connectivity index (χ2n) is 6.51. The summed E-state index contributed by atoms with van der Waals surface area (Å²) >= 11 is 0. The second-order valence-corrected chi connectivity index (χ2v) is 6.51. The molecule has 8 heteroatoms. The average molecular weight is 381 g/mol. The zero-order chi connectivity index (χ0) is 19.7. The maximum absolute atomic E-state index is 12.4. The first-order chi connectivity index (χ1) is 13.5. The third kappa shape index (κ3) is 3.54. The van der Waals surface area contributed by atoms with Gasteiger partial charge in [0, 0.05) is 12.1 Å². The summed E-state index contributed by atoms with van der Waals surface area (Å²) in [6.07, 6.45) is -0.900. The number of aromatic nitrogens is 2. The molecule has 2 heterocycles. The van der Waals surface area contributed by atoms with Crippen molar-refractivity contribution in [2.24, 2.45) is 0 Å². The van der Waals surface area contributed by atoms with Crippen molar-refractivity contribution in [2.45, 2.75) is 13.0 Å². The average Bonchev–Trinajstić information content (AvgIpc) is 2.70. The molecular formula is C20H19N3O5. The van der Waals surface area contributed by atoms with Gasteiger partial charge >= 0.3 is 0 Å². The molecule has 3 N–H and O–H groups in total. The SMILES string of the molecule is Cc1nc2cc(C(=O)NC[C@H](O)c3ccc4c(c3)OCCO4)ccc2c(=O)[nH]1. The van der Waals surface area contributed by atoms with Crippen LogP contribution in [-0.4, -0.2) is 40.7 Å². The number of aliphatic hydroxyl groups excluding tert-OH is 1. The second kappa shape index (κ2) is 7.32. The Balaban J connectivity index is 1.46. The van der Waals surface area contributed by atoms with Gasteiger partial charge in [-0.15, -0.1) is 0 Å². The van der Waals surface area contributed by atoms with Gasteiger partial charge in [0.05, 0.1) is 17.0 Å². The van der Waals surface area contributed by atoms with E-state index >= 15 is 0 Å². The Morgan fingerprint density at radius 3 is 2.82 bits per heavy atom. The lowest BCUT2D eigenvalue weighted by Gasteiger charge is -2.20. The molecule has 1 aliphatic heterocycles. The van der Waals surface area contributed by atoms with Crippen LogP contribution in [-0.2, 0) is 0 Å². The van der Waals surface area contributed by atoms with Crippen LogP contribution in [0.25, 0.3) is 10.9 Å². The third-order valence-electron chi connectivity index (χ3n) is 4.49. The van der Waals surface area contributed by atoms with Crippen LogP contribution in [0.4, 0.5) is 0 Å². The fourth-order valence-electron chi connectivity index (χ4n) is 3.07. The van der Waals surface area contributed by atoms with Gasteiger partial charge in [-0.2, -0.15) is 0 Å². The lowest BCUT2D eigenvalue weighted by molar-refractivity contribution is 0.0916. The van der Waals surface area contributed by atoms with E-state index in [9.17, 15) is 14.7 Å². The van der Waals surface area contributed by atoms with E-state index in [0.717, 1.165) is 0 Å². The standard InChI is InChI=1S/C20H19N3O5/c1-11-22-15-8-13(2-4-14(15)20(26)23-11)19(25)21-10-16(24)12-3-5-17-18(9-12)28-7-6-27-17/h2-5,8-9,16,24H,6-7,10H2,1H3,(H,21,25)(H,22,23,26)/t16-/m0/s1. The van der Waals surface area contributed by atoms with Gasteiger partial charge < -0.3 is 24.9 Å². The zero-order valence-electron chi connectivity index (χ0n) is 15.2. The number of ether oxygens (including phenoxy) is 2. The molecule has 2 aromatic carbocycles. The predicted molar refractivity (Wildman–Crippen MR) is 102 cm³/mol. The molecule has 1 amide bonds. The van der Waals surface area contributed by atoms with Crippen LogP contribution < -0.4 is 20.3 Å². The fourth-order valence-corrected chi connectivity index (χ4v) is 3.07. The molecule has 1 aliphatic rings. The van der Waals surface area contributed by atoms with Crippen molar-refractivity contribution in [3.63, 3.8) is 0 Å². The van der Waals surface area contributed by atoms with Crippen LogP contribution in [0.15, 0.2) is 41.2 Å². The Morgan fingerprint density at radius 2 is 2.00 bits per heavy atom. The van der Waals surface area contributed by atoms with Gasteiger partial charge in [0.25, 0.3) is 11.5 Å². The van der Waals surface area contributed by atoms with E-state index in [-0.39, 0.29) is 18.0 Å². The molecule has 28 heavy (non-hydrogen) atoms. The minimum atomic E-state index is -0.900. The number of fused-ring (bicyclic) bond motifs is 2. The van der Waals surface area contributed by atoms with Gasteiger partial charge in [0.2, 0.25) is 0 Å². The van der Waals surface area contributed by atoms with Crippen molar-refractivity contribution in [1.29, 1.82) is 0 Å². The number of aromatic amines is 1. The zero-order valence-corrected chi connectivity index (χ0v) is 15.2. The van der Waals surface area contributed by atoms with Gasteiger partial charge in [0.1, 0.15) is 19.0 Å². The monoisotopic (exact) mass is 381 g/mol. The van der Waals surface area contributed by atoms with E-state index < -0.39 is 6.10 Å². The van der Waals surface area contributed by atoms with Crippen LogP contribution in [0.3, 0.4) is 0 Å². The molecule has 0 unspecified atom stereocenters. The molecule has 0 bridgehead atoms. The van der Waals surface area contributed by atoms with E-state index in [1.54, 1.807) is 43.3 Å². The van der Waals surface area contributed by atoms with Crippen LogP contribution in [0.5, 0.6) is 11.5 Å². The third-order valence-corrected chi connectivity index (χ3v) is 4.49. The smallest absolute Gasteiger partial charge is 0.258 e. The normalized spacial score (nSPS) is 13.9. The van der Waals surface area contributed by atoms with Crippen LogP contribution in [0.1, 0.15) is 27.8 Å². The number of carbonyl (C=O) groups excluding carboxylic acids is 1. The molecular weight excluding hydrogens is 362 g/mol. The number of aryl methyl sites for hydroxylation is 1. The molecule has 0 saturated carbocycles. The highest BCUT2D eigenvalue weighted by Crippen LogP contribution is 2.32. The molecule has 0 radical (unpaired) electrons. The van der Waals surface area contributed by atoms with Crippen molar-refractivity contribution in [1.82, 2.24) is 15.3 Å². The van der Waals surface area contributed by atoms with Gasteiger partial charge in [0.15, 0.2) is 11.5 Å². The number of carbonyl (C=O) groups is 1. The number of aliphatic hydroxyl groups is 1. The van der Waals surface area contributed by atoms with Crippen LogP contribution in [0.2, 0.25) is 0 Å². The summed E-state index contributed by atoms with van der Waals surface area (Å²) < 4.78 is 11.0. The lowest BCUT2D eigenvalue weighted by atomic mass is 10.1. The first-order valence-electron chi connectivity index (χ1n) is 8.88. The maximum atomic E-state index is 12.4. The van der Waals surface area contributed by atoms with Crippen molar-refractivity contribution in [3.05, 3.63) is 63.7 Å². The number of amides is 1. The van der Waals surface area contributed by atoms with Gasteiger partial charge in [-0.25, -0.2) is 4.98 Å². The Labute approximate surface area is 160 Å². The molecule has 1 aromatic heterocycles. The van der Waals surface area contributed by atoms with E-state index in [0.29, 0.717) is 52.6 Å². The van der Waals surface area contributed by atoms with Gasteiger partial charge in [-0.3, -0.25) is 9.59 Å². The van der Waals surface area contributed by atoms with Crippen molar-refractivity contribution < 1.29 is 19.4 Å². The molecule has 0 spiro atoms. The number of hydrogen-bond donors (Lipinski definition) is 3. The first kappa shape index (κ1) is 18.0. The highest BCUT2D eigenvalue weighted by molar-refractivity contribution is 5.97. The van der Waals surface area contributed by atoms with E-state index in [2.05, 4.69) is 15.3 Å². The number of hydrogen-bond acceptors (Lipinski definition) is 6. The summed E-state index contributed by atoms with van der Waals surface area (Å²) in [6, 6.07) is 9.86. The summed E-state index contributed by atoms with van der Waals surface area (Å²) in [5.41, 5.74) is 1.18. The molecule has 4 rings (SSSR count). The summed E-state index contributed by atoms with van der Waals surface area (Å²) in [6.45, 7) is 2.66. The van der Waals surface area contributed by atoms with Crippen molar-refractivity contribution >= 4 is 16.8 Å². The number of nitrogens with zero attached hydrogens (tertiary/aromatic N) is 1. The first-order valence-corrected chi connectivity index (χ1v) is 8.88. The number of H-pyrrole nitrogens is 1. The largest absolute Gasteiger partial charge is 0.486 e. The minimum Gasteiger partial charge on any atom is -0.486 e. The summed E-state index contributed by atoms with van der Waals surface area (Å²) in [4.78, 5) is 31.2. The number of benzene rings is 2. The topological polar surface area (TPSA) is 114 Å². The lowest BCUT2D eigenvalue weighted by Crippen LogP contribution is -2.28. The maximum Gasteiger partial charge on any atom is 0.258 e. The van der Waals surface area contributed by atoms with Gasteiger partial charge in [-0.05, 0) is 42.8 Å². The molecule has 144 valence electrons. The molecule has 0 saturated heterocycles. The van der Waals surface area contributed by atoms with Gasteiger partial charge in [-0.1, -0.05) is 6.07 Å². The number of nitrogens with one attached hydrogen (secondary N) is 2. The summed E-state index contributed by atoms with van der Waals surface area (Å²) in [5, 5.41) is 13.5. The predicted octanol–water partition coefficient (Wildman–Crippen LogP) is 1.47. The van der Waals surface area contributed by atoms with Crippen molar-refractivity contribution in [2.75, 3.05) is 19.8 Å². The van der Waals surface area contributed by atoms with Crippen molar-refractivity contribution in [3.8, 4) is 11.5 Å². The summed E-state index contributed by atoms with van der Waals surface area (Å²) in [5.74, 6) is 1.33. The van der Waals surface area contributed by atoms with E-state index in [1.165, 1.54) is 0 Å². The van der Waals surface area contributed by atoms with Crippen LogP contribution in [0, 0.1) is 6.92 Å². The Morgan fingerprint density at radius 1 is 1.21 bits per heavy atom. The van der Waals surface area contributed by atoms with Crippen LogP contribution >= 0.6 is 0 Å². The molecule has 8 nitrogen and oxygen atoms in total. The minimum absolute atomic E-state index is 0.0261.